The standard InChI is InChI=1S/C19H27N3O4/c1-21(18(23)13-5-4-7-20-12-13)17-6-8-22(19(17)24)14-9-15(25-2)11-16(10-14)26-3/h9-11,13,17,20H,4-8,12H2,1-3H3. The predicted octanol–water partition coefficient (Wildman–Crippen LogP) is 1.27. The van der Waals surface area contributed by atoms with Gasteiger partial charge in [0, 0.05) is 38.3 Å². The Bertz CT molecular complexity index is 650. The molecule has 0 spiro atoms. The molecule has 0 aliphatic carbocycles. The molecule has 142 valence electrons. The van der Waals surface area contributed by atoms with Gasteiger partial charge in [0.25, 0.3) is 0 Å². The van der Waals surface area contributed by atoms with E-state index in [-0.39, 0.29) is 17.7 Å². The Morgan fingerprint density at radius 3 is 2.46 bits per heavy atom. The molecule has 2 aliphatic heterocycles. The first-order valence-electron chi connectivity index (χ1n) is 9.07. The summed E-state index contributed by atoms with van der Waals surface area (Å²) in [4.78, 5) is 29.1. The van der Waals surface area contributed by atoms with Crippen LogP contribution in [0.5, 0.6) is 11.5 Å². The molecule has 1 aromatic carbocycles. The van der Waals surface area contributed by atoms with Gasteiger partial charge in [-0.25, -0.2) is 0 Å². The average Bonchev–Trinajstić information content (AvgIpc) is 3.08. The van der Waals surface area contributed by atoms with E-state index < -0.39 is 6.04 Å². The SMILES string of the molecule is COc1cc(OC)cc(N2CCC(N(C)C(=O)C3CCCNC3)C2=O)c1. The molecule has 0 saturated carbocycles. The van der Waals surface area contributed by atoms with E-state index in [0.29, 0.717) is 31.0 Å². The first kappa shape index (κ1) is 18.5. The van der Waals surface area contributed by atoms with Gasteiger partial charge in [-0.1, -0.05) is 0 Å². The van der Waals surface area contributed by atoms with Gasteiger partial charge in [0.1, 0.15) is 17.5 Å². The number of ether oxygens (including phenoxy) is 2. The van der Waals surface area contributed by atoms with Gasteiger partial charge < -0.3 is 24.6 Å². The maximum Gasteiger partial charge on any atom is 0.249 e. The molecular formula is C19H27N3O4. The van der Waals surface area contributed by atoms with Crippen LogP contribution in [0.15, 0.2) is 18.2 Å². The summed E-state index contributed by atoms with van der Waals surface area (Å²) in [7, 11) is 4.91. The summed E-state index contributed by atoms with van der Waals surface area (Å²) in [5.74, 6) is 1.23. The number of amides is 2. The Labute approximate surface area is 154 Å². The molecule has 7 heteroatoms. The average molecular weight is 361 g/mol. The zero-order valence-corrected chi connectivity index (χ0v) is 15.7. The third-order valence-electron chi connectivity index (χ3n) is 5.29. The zero-order valence-electron chi connectivity index (χ0n) is 15.7. The van der Waals surface area contributed by atoms with E-state index in [9.17, 15) is 9.59 Å². The summed E-state index contributed by atoms with van der Waals surface area (Å²) < 4.78 is 10.6. The lowest BCUT2D eigenvalue weighted by Crippen LogP contribution is -2.48. The molecule has 0 aromatic heterocycles. The van der Waals surface area contributed by atoms with Crippen LogP contribution in [-0.4, -0.2) is 63.7 Å². The molecule has 2 fully saturated rings. The molecular weight excluding hydrogens is 334 g/mol. The number of nitrogens with one attached hydrogen (secondary N) is 1. The normalized spacial score (nSPS) is 23.0. The minimum Gasteiger partial charge on any atom is -0.497 e. The highest BCUT2D eigenvalue weighted by Crippen LogP contribution is 2.32. The number of benzene rings is 1. The lowest BCUT2D eigenvalue weighted by molar-refractivity contribution is -0.140. The van der Waals surface area contributed by atoms with E-state index >= 15 is 0 Å². The number of hydrogen-bond acceptors (Lipinski definition) is 5. The number of nitrogens with zero attached hydrogens (tertiary/aromatic N) is 2. The molecule has 3 rings (SSSR count). The lowest BCUT2D eigenvalue weighted by atomic mass is 9.97. The molecule has 2 saturated heterocycles. The third-order valence-corrected chi connectivity index (χ3v) is 5.29. The number of rotatable bonds is 5. The Morgan fingerprint density at radius 2 is 1.88 bits per heavy atom. The van der Waals surface area contributed by atoms with Crippen LogP contribution in [0.4, 0.5) is 5.69 Å². The van der Waals surface area contributed by atoms with Crippen molar-refractivity contribution in [3.63, 3.8) is 0 Å². The highest BCUT2D eigenvalue weighted by atomic mass is 16.5. The fraction of sp³-hybridized carbons (Fsp3) is 0.579. The molecule has 2 unspecified atom stereocenters. The Kier molecular flexibility index (Phi) is 5.66. The Hall–Kier alpha value is -2.28. The van der Waals surface area contributed by atoms with E-state index in [4.69, 9.17) is 9.47 Å². The fourth-order valence-electron chi connectivity index (χ4n) is 3.73. The van der Waals surface area contributed by atoms with Crippen molar-refractivity contribution < 1.29 is 19.1 Å². The van der Waals surface area contributed by atoms with Gasteiger partial charge in [0.15, 0.2) is 0 Å². The second-order valence-corrected chi connectivity index (χ2v) is 6.86. The molecule has 2 heterocycles. The number of hydrogen-bond donors (Lipinski definition) is 1. The van der Waals surface area contributed by atoms with Crippen LogP contribution in [0.2, 0.25) is 0 Å². The monoisotopic (exact) mass is 361 g/mol. The summed E-state index contributed by atoms with van der Waals surface area (Å²) >= 11 is 0. The molecule has 0 bridgehead atoms. The van der Waals surface area contributed by atoms with Gasteiger partial charge in [0.05, 0.1) is 25.8 Å². The Balaban J connectivity index is 1.74. The van der Waals surface area contributed by atoms with Crippen molar-refractivity contribution in [1.82, 2.24) is 10.2 Å². The topological polar surface area (TPSA) is 71.1 Å². The number of likely N-dealkylation sites (N-methyl/N-ethyl adjacent to an activating group) is 1. The summed E-state index contributed by atoms with van der Waals surface area (Å²) in [5, 5.41) is 3.26. The summed E-state index contributed by atoms with van der Waals surface area (Å²) in [6, 6.07) is 4.99. The van der Waals surface area contributed by atoms with Crippen molar-refractivity contribution in [3.05, 3.63) is 18.2 Å². The smallest absolute Gasteiger partial charge is 0.249 e. The van der Waals surface area contributed by atoms with E-state index in [1.54, 1.807) is 37.1 Å². The molecule has 2 amide bonds. The molecule has 0 radical (unpaired) electrons. The van der Waals surface area contributed by atoms with Crippen LogP contribution in [0.1, 0.15) is 19.3 Å². The number of anilines is 1. The summed E-state index contributed by atoms with van der Waals surface area (Å²) in [6.07, 6.45) is 2.51. The third kappa shape index (κ3) is 3.62. The minimum atomic E-state index is -0.415. The largest absolute Gasteiger partial charge is 0.497 e. The second-order valence-electron chi connectivity index (χ2n) is 6.86. The molecule has 1 N–H and O–H groups in total. The second kappa shape index (κ2) is 7.95. The van der Waals surface area contributed by atoms with Crippen molar-refractivity contribution in [2.75, 3.05) is 45.8 Å². The van der Waals surface area contributed by atoms with Crippen LogP contribution in [0.25, 0.3) is 0 Å². The van der Waals surface area contributed by atoms with Gasteiger partial charge in [-0.2, -0.15) is 0 Å². The van der Waals surface area contributed by atoms with Crippen LogP contribution < -0.4 is 19.7 Å². The highest BCUT2D eigenvalue weighted by molar-refractivity contribution is 6.01. The predicted molar refractivity (Wildman–Crippen MR) is 98.7 cm³/mol. The van der Waals surface area contributed by atoms with Crippen LogP contribution >= 0.6 is 0 Å². The number of methoxy groups -OCH3 is 2. The number of carbonyl (C=O) groups excluding carboxylic acids is 2. The first-order chi connectivity index (χ1) is 12.5. The fourth-order valence-corrected chi connectivity index (χ4v) is 3.73. The van der Waals surface area contributed by atoms with Crippen molar-refractivity contribution in [1.29, 1.82) is 0 Å². The van der Waals surface area contributed by atoms with Gasteiger partial charge in [-0.3, -0.25) is 9.59 Å². The van der Waals surface area contributed by atoms with E-state index in [0.717, 1.165) is 25.1 Å². The van der Waals surface area contributed by atoms with E-state index in [2.05, 4.69) is 5.32 Å². The van der Waals surface area contributed by atoms with E-state index in [1.807, 2.05) is 12.1 Å². The molecule has 2 aliphatic rings. The molecule has 7 nitrogen and oxygen atoms in total. The van der Waals surface area contributed by atoms with Gasteiger partial charge in [0.2, 0.25) is 11.8 Å². The highest BCUT2D eigenvalue weighted by Gasteiger charge is 2.39. The molecule has 1 aromatic rings. The Morgan fingerprint density at radius 1 is 1.19 bits per heavy atom. The number of carbonyl (C=O) groups is 2. The van der Waals surface area contributed by atoms with Crippen molar-refractivity contribution in [3.8, 4) is 11.5 Å². The van der Waals surface area contributed by atoms with E-state index in [1.165, 1.54) is 0 Å². The van der Waals surface area contributed by atoms with Crippen molar-refractivity contribution in [2.24, 2.45) is 5.92 Å². The van der Waals surface area contributed by atoms with Crippen molar-refractivity contribution >= 4 is 17.5 Å². The zero-order chi connectivity index (χ0) is 18.7. The van der Waals surface area contributed by atoms with Crippen LogP contribution in [0.3, 0.4) is 0 Å². The molecule has 26 heavy (non-hydrogen) atoms. The van der Waals surface area contributed by atoms with Crippen LogP contribution in [0, 0.1) is 5.92 Å². The lowest BCUT2D eigenvalue weighted by Gasteiger charge is -2.30. The molecule has 2 atom stereocenters. The maximum absolute atomic E-state index is 13.0. The number of piperidine rings is 1. The first-order valence-corrected chi connectivity index (χ1v) is 9.07. The van der Waals surface area contributed by atoms with Gasteiger partial charge >= 0.3 is 0 Å². The summed E-state index contributed by atoms with van der Waals surface area (Å²) in [5.41, 5.74) is 0.730. The maximum atomic E-state index is 13.0. The minimum absolute atomic E-state index is 0.0347. The van der Waals surface area contributed by atoms with Crippen LogP contribution in [-0.2, 0) is 9.59 Å². The van der Waals surface area contributed by atoms with Crippen molar-refractivity contribution in [2.45, 2.75) is 25.3 Å². The summed E-state index contributed by atoms with van der Waals surface area (Å²) in [6.45, 7) is 2.22. The van der Waals surface area contributed by atoms with Gasteiger partial charge in [-0.05, 0) is 25.8 Å². The quantitative estimate of drug-likeness (QED) is 0.855. The van der Waals surface area contributed by atoms with Gasteiger partial charge in [-0.15, -0.1) is 0 Å².